The summed E-state index contributed by atoms with van der Waals surface area (Å²) in [7, 11) is 1.61. The molecule has 2 N–H and O–H groups in total. The normalized spacial score (nSPS) is 15.3. The van der Waals surface area contributed by atoms with Gasteiger partial charge in [-0.1, -0.05) is 18.2 Å². The minimum atomic E-state index is -0.155. The third-order valence-corrected chi connectivity index (χ3v) is 6.76. The first-order chi connectivity index (χ1) is 16.0. The second-order valence-electron chi connectivity index (χ2n) is 8.58. The average molecular weight is 463 g/mol. The third kappa shape index (κ3) is 3.74. The Morgan fingerprint density at radius 3 is 2.79 bits per heavy atom. The fourth-order valence-corrected chi connectivity index (χ4v) is 5.08. The van der Waals surface area contributed by atoms with E-state index in [1.54, 1.807) is 11.7 Å². The lowest BCUT2D eigenvalue weighted by atomic mass is 10.1. The number of amides is 1. The Morgan fingerprint density at radius 2 is 1.97 bits per heavy atom. The first kappa shape index (κ1) is 21.5. The van der Waals surface area contributed by atoms with E-state index in [4.69, 9.17) is 17.0 Å². The largest absolute Gasteiger partial charge is 0.497 e. The Hall–Kier alpha value is -3.39. The van der Waals surface area contributed by atoms with E-state index in [-0.39, 0.29) is 17.5 Å². The van der Waals surface area contributed by atoms with Gasteiger partial charge in [0.25, 0.3) is 5.56 Å². The first-order valence-electron chi connectivity index (χ1n) is 11.2. The fraction of sp³-hybridized carbons (Fsp3) is 0.320. The molecule has 0 spiro atoms. The van der Waals surface area contributed by atoms with Crippen LogP contribution in [0.2, 0.25) is 0 Å². The number of nitrogens with zero attached hydrogens (tertiary/aromatic N) is 2. The summed E-state index contributed by atoms with van der Waals surface area (Å²) >= 11 is 5.49. The van der Waals surface area contributed by atoms with Crippen LogP contribution in [-0.4, -0.2) is 33.6 Å². The van der Waals surface area contributed by atoms with Gasteiger partial charge in [-0.15, -0.1) is 0 Å². The van der Waals surface area contributed by atoms with Crippen molar-refractivity contribution in [3.8, 4) is 5.75 Å². The maximum absolute atomic E-state index is 13.1. The number of nitrogens with one attached hydrogen (secondary N) is 2. The van der Waals surface area contributed by atoms with Crippen molar-refractivity contribution in [3.63, 3.8) is 0 Å². The molecule has 0 saturated carbocycles. The van der Waals surface area contributed by atoms with Crippen LogP contribution in [0.25, 0.3) is 21.9 Å². The molecule has 0 unspecified atom stereocenters. The van der Waals surface area contributed by atoms with Crippen molar-refractivity contribution in [1.82, 2.24) is 14.5 Å². The number of methoxy groups -OCH3 is 1. The van der Waals surface area contributed by atoms with Gasteiger partial charge in [0.15, 0.2) is 4.77 Å². The van der Waals surface area contributed by atoms with Gasteiger partial charge in [0.05, 0.1) is 12.6 Å². The van der Waals surface area contributed by atoms with E-state index in [0.29, 0.717) is 47.4 Å². The maximum atomic E-state index is 13.1. The average Bonchev–Trinajstić information content (AvgIpc) is 3.34. The van der Waals surface area contributed by atoms with E-state index in [0.717, 1.165) is 23.0 Å². The molecule has 0 saturated heterocycles. The van der Waals surface area contributed by atoms with Gasteiger partial charge < -0.3 is 19.6 Å². The Kier molecular flexibility index (Phi) is 5.54. The van der Waals surface area contributed by atoms with Crippen molar-refractivity contribution < 1.29 is 9.53 Å². The van der Waals surface area contributed by atoms with Crippen molar-refractivity contribution in [2.45, 2.75) is 45.2 Å². The molecular weight excluding hydrogens is 436 g/mol. The van der Waals surface area contributed by atoms with Gasteiger partial charge in [-0.2, -0.15) is 0 Å². The molecule has 2 aromatic carbocycles. The summed E-state index contributed by atoms with van der Waals surface area (Å²) in [6.45, 7) is 2.55. The molecular formula is C25H26N4O3S. The highest BCUT2D eigenvalue weighted by Crippen LogP contribution is 2.32. The molecule has 1 aliphatic rings. The van der Waals surface area contributed by atoms with Crippen molar-refractivity contribution in [2.24, 2.45) is 0 Å². The number of ether oxygens (including phenoxy) is 1. The molecule has 5 rings (SSSR count). The molecule has 0 radical (unpaired) electrons. The number of aromatic nitrogens is 3. The molecule has 0 fully saturated rings. The smallest absolute Gasteiger partial charge is 0.278 e. The van der Waals surface area contributed by atoms with Gasteiger partial charge in [0.2, 0.25) is 5.91 Å². The molecule has 170 valence electrons. The van der Waals surface area contributed by atoms with Crippen LogP contribution in [-0.2, 0) is 17.8 Å². The number of para-hydroxylation sites is 1. The Balaban J connectivity index is 1.30. The molecule has 1 aliphatic heterocycles. The van der Waals surface area contributed by atoms with Crippen molar-refractivity contribution in [2.75, 3.05) is 12.0 Å². The molecule has 1 amide bonds. The van der Waals surface area contributed by atoms with E-state index >= 15 is 0 Å². The van der Waals surface area contributed by atoms with Gasteiger partial charge in [0.1, 0.15) is 11.3 Å². The monoisotopic (exact) mass is 462 g/mol. The number of hydrogen-bond donors (Lipinski definition) is 2. The second kappa shape index (κ2) is 8.51. The SMILES string of the molecule is COc1ccc2[nH]c3c(=O)n(CCCCC(=O)N4c5ccccc5C[C@H]4C)c(=S)[nH]c3c2c1. The van der Waals surface area contributed by atoms with Gasteiger partial charge in [-0.3, -0.25) is 14.2 Å². The highest BCUT2D eigenvalue weighted by Gasteiger charge is 2.29. The van der Waals surface area contributed by atoms with E-state index in [9.17, 15) is 9.59 Å². The van der Waals surface area contributed by atoms with Crippen LogP contribution < -0.4 is 15.2 Å². The summed E-state index contributed by atoms with van der Waals surface area (Å²) in [6, 6.07) is 13.9. The van der Waals surface area contributed by atoms with Crippen LogP contribution in [0.1, 0.15) is 31.7 Å². The summed E-state index contributed by atoms with van der Waals surface area (Å²) in [5.74, 6) is 0.844. The van der Waals surface area contributed by atoms with E-state index in [1.807, 2.05) is 41.3 Å². The zero-order valence-corrected chi connectivity index (χ0v) is 19.5. The Bertz CT molecular complexity index is 1480. The Labute approximate surface area is 196 Å². The number of benzene rings is 2. The zero-order chi connectivity index (χ0) is 23.1. The van der Waals surface area contributed by atoms with Crippen molar-refractivity contribution >= 4 is 45.7 Å². The fourth-order valence-electron chi connectivity index (χ4n) is 4.81. The summed E-state index contributed by atoms with van der Waals surface area (Å²) in [5, 5.41) is 0.866. The predicted octanol–water partition coefficient (Wildman–Crippen LogP) is 4.70. The van der Waals surface area contributed by atoms with Crippen LogP contribution in [0.5, 0.6) is 5.75 Å². The number of unbranched alkanes of at least 4 members (excludes halogenated alkanes) is 1. The number of rotatable bonds is 6. The number of hydrogen-bond acceptors (Lipinski definition) is 4. The van der Waals surface area contributed by atoms with Crippen molar-refractivity contribution in [1.29, 1.82) is 0 Å². The van der Waals surface area contributed by atoms with Crippen LogP contribution in [0, 0.1) is 4.77 Å². The summed E-state index contributed by atoms with van der Waals surface area (Å²) in [5.41, 5.74) is 4.11. The third-order valence-electron chi connectivity index (χ3n) is 6.44. The summed E-state index contributed by atoms with van der Waals surface area (Å²) < 4.78 is 7.26. The van der Waals surface area contributed by atoms with Crippen molar-refractivity contribution in [3.05, 3.63) is 63.2 Å². The molecule has 0 aliphatic carbocycles. The lowest BCUT2D eigenvalue weighted by Crippen LogP contribution is -2.35. The standard InChI is InChI=1S/C25H26N4O3S/c1-15-13-16-7-3-4-8-20(16)29(15)21(30)9-5-6-12-28-24(31)23-22(27-25(28)33)18-14-17(32-2)10-11-19(18)26-23/h3-4,7-8,10-11,14-15,26H,5-6,9,12-13H2,1-2H3,(H,27,33)/t15-/m1/s1. The maximum Gasteiger partial charge on any atom is 0.278 e. The molecule has 7 nitrogen and oxygen atoms in total. The highest BCUT2D eigenvalue weighted by atomic mass is 32.1. The molecule has 1 atom stereocenters. The number of carbonyl (C=O) groups is 1. The predicted molar refractivity (Wildman–Crippen MR) is 133 cm³/mol. The van der Waals surface area contributed by atoms with Gasteiger partial charge in [0, 0.05) is 35.6 Å². The number of fused-ring (bicyclic) bond motifs is 4. The molecule has 2 aromatic heterocycles. The van der Waals surface area contributed by atoms with Gasteiger partial charge in [-0.25, -0.2) is 0 Å². The minimum Gasteiger partial charge on any atom is -0.497 e. The minimum absolute atomic E-state index is 0.130. The second-order valence-corrected chi connectivity index (χ2v) is 8.96. The molecule has 33 heavy (non-hydrogen) atoms. The quantitative estimate of drug-likeness (QED) is 0.321. The summed E-state index contributed by atoms with van der Waals surface area (Å²) in [6.07, 6.45) is 2.71. The first-order valence-corrected chi connectivity index (χ1v) is 11.6. The molecule has 3 heterocycles. The van der Waals surface area contributed by atoms with E-state index in [1.165, 1.54) is 5.56 Å². The Morgan fingerprint density at radius 1 is 1.15 bits per heavy atom. The molecule has 4 aromatic rings. The van der Waals surface area contributed by atoms with Gasteiger partial charge in [-0.05, 0) is 68.2 Å². The number of aromatic amines is 2. The molecule has 0 bridgehead atoms. The topological polar surface area (TPSA) is 83.1 Å². The number of anilines is 1. The van der Waals surface area contributed by atoms with Crippen LogP contribution >= 0.6 is 12.2 Å². The summed E-state index contributed by atoms with van der Waals surface area (Å²) in [4.78, 5) is 34.3. The highest BCUT2D eigenvalue weighted by molar-refractivity contribution is 7.71. The van der Waals surface area contributed by atoms with Crippen LogP contribution in [0.4, 0.5) is 5.69 Å². The van der Waals surface area contributed by atoms with Gasteiger partial charge >= 0.3 is 0 Å². The van der Waals surface area contributed by atoms with Crippen LogP contribution in [0.15, 0.2) is 47.3 Å². The zero-order valence-electron chi connectivity index (χ0n) is 18.7. The number of carbonyl (C=O) groups excluding carboxylic acids is 1. The lowest BCUT2D eigenvalue weighted by molar-refractivity contribution is -0.119. The lowest BCUT2D eigenvalue weighted by Gasteiger charge is -2.22. The number of H-pyrrole nitrogens is 2. The van der Waals surface area contributed by atoms with E-state index in [2.05, 4.69) is 23.0 Å². The van der Waals surface area contributed by atoms with Crippen LogP contribution in [0.3, 0.4) is 0 Å². The van der Waals surface area contributed by atoms with E-state index < -0.39 is 0 Å². The molecule has 8 heteroatoms.